The Bertz CT molecular complexity index is 662. The van der Waals surface area contributed by atoms with E-state index in [0.717, 1.165) is 14.8 Å². The highest BCUT2D eigenvalue weighted by Gasteiger charge is 2.11. The second kappa shape index (κ2) is 8.11. The van der Waals surface area contributed by atoms with Crippen molar-refractivity contribution in [2.45, 2.75) is 6.92 Å². The summed E-state index contributed by atoms with van der Waals surface area (Å²) in [7, 11) is 0. The number of hydrogen-bond donors (Lipinski definition) is 3. The number of anilines is 2. The molecule has 0 spiro atoms. The molecule has 3 N–H and O–H groups in total. The summed E-state index contributed by atoms with van der Waals surface area (Å²) in [6.07, 6.45) is 0. The lowest BCUT2D eigenvalue weighted by molar-refractivity contribution is 0.0169. The summed E-state index contributed by atoms with van der Waals surface area (Å²) >= 11 is 2.26. The highest BCUT2D eigenvalue weighted by atomic mass is 127. The van der Waals surface area contributed by atoms with Crippen LogP contribution in [0, 0.1) is 10.5 Å². The molecule has 0 aliphatic rings. The van der Waals surface area contributed by atoms with Gasteiger partial charge in [-0.15, -0.1) is 0 Å². The zero-order valence-corrected chi connectivity index (χ0v) is 14.3. The van der Waals surface area contributed by atoms with Gasteiger partial charge in [-0.1, -0.05) is 12.1 Å². The number of nitrogens with one attached hydrogen (secondary N) is 2. The van der Waals surface area contributed by atoms with Crippen molar-refractivity contribution < 1.29 is 14.7 Å². The third-order valence-electron chi connectivity index (χ3n) is 2.99. The second-order valence-corrected chi connectivity index (χ2v) is 5.88. The Kier molecular flexibility index (Phi) is 6.17. The van der Waals surface area contributed by atoms with E-state index in [0.29, 0.717) is 11.3 Å². The largest absolute Gasteiger partial charge is 0.394 e. The van der Waals surface area contributed by atoms with Gasteiger partial charge in [0, 0.05) is 9.26 Å². The van der Waals surface area contributed by atoms with E-state index in [4.69, 9.17) is 9.94 Å². The van der Waals surface area contributed by atoms with E-state index >= 15 is 0 Å². The minimum Gasteiger partial charge on any atom is -0.394 e. The number of rotatable bonds is 6. The summed E-state index contributed by atoms with van der Waals surface area (Å²) in [6.45, 7) is 1.91. The second-order valence-electron chi connectivity index (χ2n) is 4.63. The van der Waals surface area contributed by atoms with Crippen LogP contribution in [0.25, 0.3) is 0 Å². The number of halogens is 1. The van der Waals surface area contributed by atoms with Crippen LogP contribution >= 0.6 is 22.6 Å². The minimum atomic E-state index is -0.361. The van der Waals surface area contributed by atoms with Gasteiger partial charge in [0.05, 0.1) is 24.5 Å². The molecule has 2 rings (SSSR count). The molecular weight excluding hydrogens is 395 g/mol. The van der Waals surface area contributed by atoms with E-state index in [-0.39, 0.29) is 19.1 Å². The Hall–Kier alpha value is -1.64. The van der Waals surface area contributed by atoms with Crippen molar-refractivity contribution in [1.29, 1.82) is 0 Å². The van der Waals surface area contributed by atoms with Crippen LogP contribution in [-0.2, 0) is 4.84 Å². The lowest BCUT2D eigenvalue weighted by Crippen LogP contribution is -2.25. The van der Waals surface area contributed by atoms with Crippen molar-refractivity contribution in [3.8, 4) is 0 Å². The fraction of sp³-hybridized carbons (Fsp3) is 0.188. The molecule has 0 aliphatic carbocycles. The summed E-state index contributed by atoms with van der Waals surface area (Å²) in [5.74, 6) is -0.361. The maximum Gasteiger partial charge on any atom is 0.276 e. The molecule has 0 aromatic heterocycles. The topological polar surface area (TPSA) is 70.6 Å². The van der Waals surface area contributed by atoms with Gasteiger partial charge in [-0.25, -0.2) is 5.48 Å². The number of carbonyl (C=O) groups is 1. The summed E-state index contributed by atoms with van der Waals surface area (Å²) in [5, 5.41) is 11.9. The zero-order chi connectivity index (χ0) is 15.9. The number of para-hydroxylation sites is 1. The monoisotopic (exact) mass is 412 g/mol. The van der Waals surface area contributed by atoms with Gasteiger partial charge in [0.15, 0.2) is 0 Å². The van der Waals surface area contributed by atoms with Gasteiger partial charge in [-0.3, -0.25) is 9.63 Å². The molecule has 6 heteroatoms. The normalized spacial score (nSPS) is 10.3. The molecule has 2 aromatic carbocycles. The van der Waals surface area contributed by atoms with E-state index < -0.39 is 0 Å². The van der Waals surface area contributed by atoms with E-state index in [1.54, 1.807) is 12.1 Å². The molecule has 22 heavy (non-hydrogen) atoms. The molecule has 0 atom stereocenters. The maximum absolute atomic E-state index is 12.1. The predicted molar refractivity (Wildman–Crippen MR) is 94.1 cm³/mol. The Balaban J connectivity index is 2.19. The standard InChI is InChI=1S/C16H17IN2O3/c1-11-10-12(17)6-7-14(11)18-15-5-3-2-4-13(15)16(21)19-22-9-8-20/h2-7,10,18,20H,8-9H2,1H3,(H,19,21). The number of amides is 1. The van der Waals surface area contributed by atoms with Crippen LogP contribution in [-0.4, -0.2) is 24.2 Å². The van der Waals surface area contributed by atoms with Crippen LogP contribution in [0.2, 0.25) is 0 Å². The maximum atomic E-state index is 12.1. The average molecular weight is 412 g/mol. The van der Waals surface area contributed by atoms with Crippen molar-refractivity contribution in [2.75, 3.05) is 18.5 Å². The first kappa shape index (κ1) is 16.7. The molecule has 1 amide bonds. The highest BCUT2D eigenvalue weighted by molar-refractivity contribution is 14.1. The highest BCUT2D eigenvalue weighted by Crippen LogP contribution is 2.24. The van der Waals surface area contributed by atoms with E-state index in [1.807, 2.05) is 31.2 Å². The quantitative estimate of drug-likeness (QED) is 0.388. The molecule has 0 heterocycles. The number of aliphatic hydroxyl groups is 1. The molecule has 0 aliphatic heterocycles. The number of hydroxylamine groups is 1. The fourth-order valence-electron chi connectivity index (χ4n) is 1.92. The van der Waals surface area contributed by atoms with Crippen molar-refractivity contribution in [3.63, 3.8) is 0 Å². The lowest BCUT2D eigenvalue weighted by Gasteiger charge is -2.14. The molecule has 0 saturated carbocycles. The zero-order valence-electron chi connectivity index (χ0n) is 12.1. The number of aliphatic hydroxyl groups excluding tert-OH is 1. The molecule has 116 valence electrons. The summed E-state index contributed by atoms with van der Waals surface area (Å²) in [6, 6.07) is 13.2. The van der Waals surface area contributed by atoms with Gasteiger partial charge in [0.1, 0.15) is 0 Å². The molecule has 0 bridgehead atoms. The van der Waals surface area contributed by atoms with E-state index in [2.05, 4.69) is 39.5 Å². The molecule has 0 radical (unpaired) electrons. The van der Waals surface area contributed by atoms with Crippen molar-refractivity contribution in [3.05, 3.63) is 57.2 Å². The summed E-state index contributed by atoms with van der Waals surface area (Å²) < 4.78 is 1.16. The Morgan fingerprint density at radius 3 is 2.73 bits per heavy atom. The minimum absolute atomic E-state index is 0.0531. The molecule has 5 nitrogen and oxygen atoms in total. The number of aryl methyl sites for hydroxylation is 1. The van der Waals surface area contributed by atoms with Gasteiger partial charge in [0.25, 0.3) is 5.91 Å². The third kappa shape index (κ3) is 4.43. The Morgan fingerprint density at radius 1 is 1.23 bits per heavy atom. The van der Waals surface area contributed by atoms with Gasteiger partial charge >= 0.3 is 0 Å². The number of carbonyl (C=O) groups excluding carboxylic acids is 1. The third-order valence-corrected chi connectivity index (χ3v) is 3.66. The van der Waals surface area contributed by atoms with Gasteiger partial charge in [0.2, 0.25) is 0 Å². The molecule has 0 saturated heterocycles. The molecule has 0 fully saturated rings. The summed E-state index contributed by atoms with van der Waals surface area (Å²) in [4.78, 5) is 17.0. The molecule has 2 aromatic rings. The Labute approximate surface area is 142 Å². The lowest BCUT2D eigenvalue weighted by atomic mass is 10.1. The van der Waals surface area contributed by atoms with E-state index in [1.165, 1.54) is 0 Å². The Morgan fingerprint density at radius 2 is 2.00 bits per heavy atom. The summed E-state index contributed by atoms with van der Waals surface area (Å²) in [5.41, 5.74) is 5.51. The van der Waals surface area contributed by atoms with Crippen LogP contribution in [0.5, 0.6) is 0 Å². The van der Waals surface area contributed by atoms with Crippen LogP contribution in [0.15, 0.2) is 42.5 Å². The number of hydrogen-bond acceptors (Lipinski definition) is 4. The van der Waals surface area contributed by atoms with E-state index in [9.17, 15) is 4.79 Å². The van der Waals surface area contributed by atoms with Gasteiger partial charge in [-0.05, 0) is 65.4 Å². The van der Waals surface area contributed by atoms with Crippen molar-refractivity contribution in [1.82, 2.24) is 5.48 Å². The van der Waals surface area contributed by atoms with Crippen LogP contribution in [0.4, 0.5) is 11.4 Å². The first-order valence-corrected chi connectivity index (χ1v) is 7.85. The van der Waals surface area contributed by atoms with Crippen LogP contribution < -0.4 is 10.8 Å². The van der Waals surface area contributed by atoms with Crippen LogP contribution in [0.1, 0.15) is 15.9 Å². The molecular formula is C16H17IN2O3. The smallest absolute Gasteiger partial charge is 0.276 e. The van der Waals surface area contributed by atoms with Gasteiger partial charge < -0.3 is 10.4 Å². The van der Waals surface area contributed by atoms with Crippen molar-refractivity contribution >= 4 is 39.9 Å². The SMILES string of the molecule is Cc1cc(I)ccc1Nc1ccccc1C(=O)NOCCO. The number of benzene rings is 2. The van der Waals surface area contributed by atoms with Crippen LogP contribution in [0.3, 0.4) is 0 Å². The fourth-order valence-corrected chi connectivity index (χ4v) is 2.57. The van der Waals surface area contributed by atoms with Crippen molar-refractivity contribution in [2.24, 2.45) is 0 Å². The average Bonchev–Trinajstić information content (AvgIpc) is 2.51. The first-order valence-electron chi connectivity index (χ1n) is 6.77. The predicted octanol–water partition coefficient (Wildman–Crippen LogP) is 3.00. The molecule has 0 unspecified atom stereocenters. The van der Waals surface area contributed by atoms with Gasteiger partial charge in [-0.2, -0.15) is 0 Å². The first-order chi connectivity index (χ1) is 10.6.